The second-order valence-corrected chi connectivity index (χ2v) is 4.01. The van der Waals surface area contributed by atoms with E-state index in [2.05, 4.69) is 28.8 Å². The lowest BCUT2D eigenvalue weighted by atomic mass is 10.4. The van der Waals surface area contributed by atoms with E-state index < -0.39 is 0 Å². The molecule has 0 bridgehead atoms. The van der Waals surface area contributed by atoms with Gasteiger partial charge in [0.2, 0.25) is 0 Å². The van der Waals surface area contributed by atoms with Gasteiger partial charge in [-0.25, -0.2) is 15.0 Å². The first-order chi connectivity index (χ1) is 7.11. The summed E-state index contributed by atoms with van der Waals surface area (Å²) in [6, 6.07) is 0.361. The van der Waals surface area contributed by atoms with Gasteiger partial charge in [-0.1, -0.05) is 7.43 Å². The topological polar surface area (TPSA) is 46.8 Å². The molecule has 2 aromatic rings. The van der Waals surface area contributed by atoms with Crippen LogP contribution in [0.4, 0.5) is 5.82 Å². The maximum absolute atomic E-state index is 4.36. The monoisotopic (exact) mass is 221 g/mol. The van der Waals surface area contributed by atoms with Gasteiger partial charge in [0.05, 0.1) is 6.33 Å². The summed E-state index contributed by atoms with van der Waals surface area (Å²) in [6.07, 6.45) is 3.40. The van der Waals surface area contributed by atoms with Gasteiger partial charge in [-0.2, -0.15) is 0 Å². The zero-order valence-electron chi connectivity index (χ0n) is 9.47. The molecule has 0 fully saturated rings. The van der Waals surface area contributed by atoms with E-state index in [0.717, 1.165) is 17.0 Å². The second kappa shape index (κ2) is 4.47. The van der Waals surface area contributed by atoms with Crippen molar-refractivity contribution in [3.63, 3.8) is 0 Å². The Labute approximate surface area is 96.1 Å². The average molecular weight is 221 g/mol. The van der Waals surface area contributed by atoms with Crippen molar-refractivity contribution in [1.29, 1.82) is 0 Å². The van der Waals surface area contributed by atoms with E-state index in [1.54, 1.807) is 6.33 Å². The highest BCUT2D eigenvalue weighted by molar-refractivity contribution is 5.83. The quantitative estimate of drug-likeness (QED) is 0.779. The molecule has 2 aromatic heterocycles. The van der Waals surface area contributed by atoms with Crippen LogP contribution >= 0.6 is 0 Å². The van der Waals surface area contributed by atoms with Gasteiger partial charge >= 0.3 is 0 Å². The van der Waals surface area contributed by atoms with Crippen molar-refractivity contribution in [2.45, 2.75) is 27.3 Å². The van der Waals surface area contributed by atoms with Crippen molar-refractivity contribution in [2.24, 2.45) is 0 Å². The van der Waals surface area contributed by atoms with E-state index in [1.165, 1.54) is 0 Å². The molecular weight excluding hydrogens is 202 g/mol. The van der Waals surface area contributed by atoms with E-state index in [1.807, 2.05) is 29.9 Å². The molecular formula is C11H19N5. The zero-order valence-corrected chi connectivity index (χ0v) is 9.47. The van der Waals surface area contributed by atoms with Crippen molar-refractivity contribution in [3.05, 3.63) is 12.7 Å². The lowest BCUT2D eigenvalue weighted by molar-refractivity contribution is 0.612. The Hall–Kier alpha value is -1.65. The standard InChI is InChI=1S/C10H15N5.CH4/c1-7(2)15-6-13-8-9(14(3)4)11-5-12-10(8)15;/h5-7H,1-4H3;1H4. The molecule has 0 saturated carbocycles. The van der Waals surface area contributed by atoms with E-state index in [-0.39, 0.29) is 7.43 Å². The van der Waals surface area contributed by atoms with E-state index in [9.17, 15) is 0 Å². The lowest BCUT2D eigenvalue weighted by Crippen LogP contribution is -2.11. The Morgan fingerprint density at radius 3 is 2.44 bits per heavy atom. The van der Waals surface area contributed by atoms with E-state index in [4.69, 9.17) is 0 Å². The highest BCUT2D eigenvalue weighted by Gasteiger charge is 2.12. The second-order valence-electron chi connectivity index (χ2n) is 4.01. The fourth-order valence-corrected chi connectivity index (χ4v) is 1.54. The smallest absolute Gasteiger partial charge is 0.165 e. The molecule has 0 atom stereocenters. The van der Waals surface area contributed by atoms with Crippen LogP contribution in [0.5, 0.6) is 0 Å². The summed E-state index contributed by atoms with van der Waals surface area (Å²) in [4.78, 5) is 14.8. The molecule has 0 N–H and O–H groups in total. The summed E-state index contributed by atoms with van der Waals surface area (Å²) in [5, 5.41) is 0. The Morgan fingerprint density at radius 2 is 1.88 bits per heavy atom. The van der Waals surface area contributed by atoms with Crippen LogP contribution in [-0.4, -0.2) is 33.6 Å². The molecule has 0 spiro atoms. The van der Waals surface area contributed by atoms with E-state index in [0.29, 0.717) is 6.04 Å². The Balaban J connectivity index is 0.00000128. The normalized spacial score (nSPS) is 10.6. The maximum Gasteiger partial charge on any atom is 0.165 e. The predicted octanol–water partition coefficient (Wildman–Crippen LogP) is 2.11. The van der Waals surface area contributed by atoms with Gasteiger partial charge in [0.25, 0.3) is 0 Å². The maximum atomic E-state index is 4.36. The van der Waals surface area contributed by atoms with Crippen LogP contribution in [-0.2, 0) is 0 Å². The lowest BCUT2D eigenvalue weighted by Gasteiger charge is -2.11. The number of hydrogen-bond acceptors (Lipinski definition) is 4. The number of hydrogen-bond donors (Lipinski definition) is 0. The molecule has 0 aromatic carbocycles. The molecule has 2 rings (SSSR count). The Bertz CT molecular complexity index is 472. The van der Waals surface area contributed by atoms with Crippen LogP contribution in [0.2, 0.25) is 0 Å². The molecule has 0 radical (unpaired) electrons. The Kier molecular flexibility index (Phi) is 3.47. The van der Waals surface area contributed by atoms with Gasteiger partial charge in [0.15, 0.2) is 17.0 Å². The molecule has 0 aliphatic carbocycles. The van der Waals surface area contributed by atoms with Crippen molar-refractivity contribution >= 4 is 17.0 Å². The minimum absolute atomic E-state index is 0. The molecule has 0 unspecified atom stereocenters. The first kappa shape index (κ1) is 12.4. The van der Waals surface area contributed by atoms with Gasteiger partial charge in [0, 0.05) is 20.1 Å². The molecule has 0 aliphatic rings. The van der Waals surface area contributed by atoms with Gasteiger partial charge in [-0.3, -0.25) is 0 Å². The fraction of sp³-hybridized carbons (Fsp3) is 0.545. The van der Waals surface area contributed by atoms with Gasteiger partial charge in [-0.15, -0.1) is 0 Å². The third-order valence-electron chi connectivity index (χ3n) is 2.32. The first-order valence-electron chi connectivity index (χ1n) is 4.96. The van der Waals surface area contributed by atoms with Crippen LogP contribution in [0.1, 0.15) is 27.3 Å². The largest absolute Gasteiger partial charge is 0.361 e. The number of imidazole rings is 1. The molecule has 5 nitrogen and oxygen atoms in total. The summed E-state index contributed by atoms with van der Waals surface area (Å²) in [6.45, 7) is 4.22. The number of fused-ring (bicyclic) bond motifs is 1. The van der Waals surface area contributed by atoms with Gasteiger partial charge in [0.1, 0.15) is 6.33 Å². The van der Waals surface area contributed by atoms with Crippen molar-refractivity contribution in [2.75, 3.05) is 19.0 Å². The molecule has 0 amide bonds. The summed E-state index contributed by atoms with van der Waals surface area (Å²) >= 11 is 0. The summed E-state index contributed by atoms with van der Waals surface area (Å²) in [7, 11) is 3.91. The van der Waals surface area contributed by atoms with Crippen molar-refractivity contribution in [3.8, 4) is 0 Å². The van der Waals surface area contributed by atoms with Crippen molar-refractivity contribution < 1.29 is 0 Å². The zero-order chi connectivity index (χ0) is 11.0. The molecule has 16 heavy (non-hydrogen) atoms. The average Bonchev–Trinajstić information content (AvgIpc) is 2.59. The van der Waals surface area contributed by atoms with Gasteiger partial charge in [-0.05, 0) is 13.8 Å². The third-order valence-corrected chi connectivity index (χ3v) is 2.32. The van der Waals surface area contributed by atoms with Crippen molar-refractivity contribution in [1.82, 2.24) is 19.5 Å². The van der Waals surface area contributed by atoms with Crippen LogP contribution in [0, 0.1) is 0 Å². The Morgan fingerprint density at radius 1 is 1.19 bits per heavy atom. The van der Waals surface area contributed by atoms with E-state index >= 15 is 0 Å². The molecule has 5 heteroatoms. The number of aromatic nitrogens is 4. The molecule has 2 heterocycles. The minimum Gasteiger partial charge on any atom is -0.361 e. The SMILES string of the molecule is C.CC(C)n1cnc2c(N(C)C)ncnc21. The van der Waals surface area contributed by atoms with Crippen LogP contribution in [0.15, 0.2) is 12.7 Å². The summed E-state index contributed by atoms with van der Waals surface area (Å²) in [5.41, 5.74) is 1.75. The number of nitrogens with zero attached hydrogens (tertiary/aromatic N) is 5. The van der Waals surface area contributed by atoms with Gasteiger partial charge < -0.3 is 9.47 Å². The predicted molar refractivity (Wildman–Crippen MR) is 66.8 cm³/mol. The highest BCUT2D eigenvalue weighted by Crippen LogP contribution is 2.21. The first-order valence-corrected chi connectivity index (χ1v) is 4.96. The minimum atomic E-state index is 0. The molecule has 0 saturated heterocycles. The summed E-state index contributed by atoms with van der Waals surface area (Å²) in [5.74, 6) is 0.861. The fourth-order valence-electron chi connectivity index (χ4n) is 1.54. The van der Waals surface area contributed by atoms with Crippen LogP contribution in [0.25, 0.3) is 11.2 Å². The third kappa shape index (κ3) is 1.85. The van der Waals surface area contributed by atoms with Crippen LogP contribution < -0.4 is 4.90 Å². The van der Waals surface area contributed by atoms with Crippen LogP contribution in [0.3, 0.4) is 0 Å². The summed E-state index contributed by atoms with van der Waals surface area (Å²) < 4.78 is 2.05. The number of anilines is 1. The number of rotatable bonds is 2. The molecule has 88 valence electrons. The highest BCUT2D eigenvalue weighted by atomic mass is 15.2. The molecule has 0 aliphatic heterocycles.